The minimum absolute atomic E-state index is 0.00814. The van der Waals surface area contributed by atoms with Crippen molar-refractivity contribution in [3.8, 4) is 0 Å². The number of furan rings is 1. The van der Waals surface area contributed by atoms with E-state index in [1.165, 1.54) is 0 Å². The van der Waals surface area contributed by atoms with Crippen molar-refractivity contribution in [2.24, 2.45) is 0 Å². The molecule has 1 aromatic heterocycles. The molecule has 2 saturated heterocycles. The topological polar surface area (TPSA) is 50.1 Å². The Labute approximate surface area is 180 Å². The van der Waals surface area contributed by atoms with Crippen LogP contribution >= 0.6 is 0 Å². The SMILES string of the molecule is CC.CC1(C)OCC(C[C@H]2OC(/C=C/c3ccco3)C[C@H]2OCc2ccccc2)O1. The highest BCUT2D eigenvalue weighted by Crippen LogP contribution is 2.32. The maximum Gasteiger partial charge on any atom is 0.163 e. The molecular weight excluding hydrogens is 380 g/mol. The molecule has 0 amide bonds. The second-order valence-corrected chi connectivity index (χ2v) is 7.84. The van der Waals surface area contributed by atoms with Crippen molar-refractivity contribution in [3.63, 3.8) is 0 Å². The fraction of sp³-hybridized carbons (Fsp3) is 0.520. The maximum atomic E-state index is 6.30. The number of rotatable bonds is 7. The molecule has 5 nitrogen and oxygen atoms in total. The molecule has 4 rings (SSSR count). The summed E-state index contributed by atoms with van der Waals surface area (Å²) in [6.45, 7) is 9.06. The van der Waals surface area contributed by atoms with E-state index in [2.05, 4.69) is 12.1 Å². The molecule has 0 N–H and O–H groups in total. The van der Waals surface area contributed by atoms with Crippen LogP contribution in [0.3, 0.4) is 0 Å². The second kappa shape index (κ2) is 10.9. The Kier molecular flexibility index (Phi) is 8.28. The zero-order valence-electron chi connectivity index (χ0n) is 18.5. The number of hydrogen-bond donors (Lipinski definition) is 0. The Morgan fingerprint density at radius 3 is 2.57 bits per heavy atom. The zero-order chi connectivity index (χ0) is 21.4. The van der Waals surface area contributed by atoms with Crippen LogP contribution in [0.1, 0.15) is 51.9 Å². The van der Waals surface area contributed by atoms with Gasteiger partial charge in [0.2, 0.25) is 0 Å². The van der Waals surface area contributed by atoms with Gasteiger partial charge in [-0.2, -0.15) is 0 Å². The van der Waals surface area contributed by atoms with Gasteiger partial charge < -0.3 is 23.4 Å². The molecule has 4 atom stereocenters. The summed E-state index contributed by atoms with van der Waals surface area (Å²) >= 11 is 0. The smallest absolute Gasteiger partial charge is 0.163 e. The monoisotopic (exact) mass is 414 g/mol. The molecule has 0 saturated carbocycles. The second-order valence-electron chi connectivity index (χ2n) is 7.84. The summed E-state index contributed by atoms with van der Waals surface area (Å²) in [5, 5.41) is 0. The lowest BCUT2D eigenvalue weighted by Gasteiger charge is -2.22. The first-order valence-electron chi connectivity index (χ1n) is 10.9. The van der Waals surface area contributed by atoms with Crippen LogP contribution in [0, 0.1) is 0 Å². The highest BCUT2D eigenvalue weighted by Gasteiger charge is 2.40. The van der Waals surface area contributed by atoms with E-state index in [0.717, 1.165) is 24.2 Å². The normalized spacial score (nSPS) is 27.9. The van der Waals surface area contributed by atoms with Crippen molar-refractivity contribution in [2.75, 3.05) is 6.61 Å². The van der Waals surface area contributed by atoms with Crippen LogP contribution in [0.2, 0.25) is 0 Å². The van der Waals surface area contributed by atoms with Gasteiger partial charge in [-0.25, -0.2) is 0 Å². The zero-order valence-corrected chi connectivity index (χ0v) is 18.5. The van der Waals surface area contributed by atoms with Gasteiger partial charge in [0, 0.05) is 12.8 Å². The molecule has 0 spiro atoms. The summed E-state index contributed by atoms with van der Waals surface area (Å²) in [6.07, 6.45) is 7.24. The van der Waals surface area contributed by atoms with Gasteiger partial charge in [0.1, 0.15) is 5.76 Å². The van der Waals surface area contributed by atoms with Crippen molar-refractivity contribution in [1.82, 2.24) is 0 Å². The molecule has 30 heavy (non-hydrogen) atoms. The number of benzene rings is 1. The Bertz CT molecular complexity index is 753. The molecule has 2 aromatic rings. The van der Waals surface area contributed by atoms with Crippen LogP contribution < -0.4 is 0 Å². The van der Waals surface area contributed by atoms with E-state index < -0.39 is 5.79 Å². The molecular formula is C25H34O5. The van der Waals surface area contributed by atoms with Crippen molar-refractivity contribution < 1.29 is 23.4 Å². The lowest BCUT2D eigenvalue weighted by atomic mass is 10.0. The van der Waals surface area contributed by atoms with Gasteiger partial charge in [-0.05, 0) is 37.6 Å². The van der Waals surface area contributed by atoms with Crippen molar-refractivity contribution in [3.05, 3.63) is 66.1 Å². The number of hydrogen-bond acceptors (Lipinski definition) is 5. The average Bonchev–Trinajstić information content (AvgIpc) is 3.48. The first-order valence-corrected chi connectivity index (χ1v) is 10.9. The summed E-state index contributed by atoms with van der Waals surface area (Å²) in [7, 11) is 0. The molecule has 2 unspecified atom stereocenters. The molecule has 0 radical (unpaired) electrons. The largest absolute Gasteiger partial charge is 0.465 e. The minimum atomic E-state index is -0.526. The lowest BCUT2D eigenvalue weighted by Crippen LogP contribution is -2.30. The molecule has 2 fully saturated rings. The fourth-order valence-electron chi connectivity index (χ4n) is 3.76. The third-order valence-electron chi connectivity index (χ3n) is 5.12. The van der Waals surface area contributed by atoms with E-state index in [1.54, 1.807) is 6.26 Å². The molecule has 2 aliphatic rings. The molecule has 0 bridgehead atoms. The molecule has 2 aliphatic heterocycles. The standard InChI is InChI=1S/C23H28O5.C2H6/c1-23(2)26-16-20(28-23)14-22-21(25-15-17-7-4-3-5-8-17)13-19(27-22)11-10-18-9-6-12-24-18;1-2/h3-12,19-22H,13-16H2,1-2H3;1-2H3/b11-10+;/t19?,20?,21-,22-;/m1./s1. The average molecular weight is 415 g/mol. The fourth-order valence-corrected chi connectivity index (χ4v) is 3.76. The summed E-state index contributed by atoms with van der Waals surface area (Å²) in [6, 6.07) is 14.0. The van der Waals surface area contributed by atoms with E-state index >= 15 is 0 Å². The molecule has 0 aliphatic carbocycles. The molecule has 1 aromatic carbocycles. The highest BCUT2D eigenvalue weighted by atomic mass is 16.7. The Morgan fingerprint density at radius 1 is 1.10 bits per heavy atom. The van der Waals surface area contributed by atoms with Crippen LogP contribution in [0.15, 0.2) is 59.2 Å². The van der Waals surface area contributed by atoms with Gasteiger partial charge in [0.15, 0.2) is 5.79 Å². The minimum Gasteiger partial charge on any atom is -0.465 e. The van der Waals surface area contributed by atoms with Gasteiger partial charge >= 0.3 is 0 Å². The number of ether oxygens (including phenoxy) is 4. The van der Waals surface area contributed by atoms with Gasteiger partial charge in [0.25, 0.3) is 0 Å². The van der Waals surface area contributed by atoms with Gasteiger partial charge in [-0.3, -0.25) is 0 Å². The van der Waals surface area contributed by atoms with Crippen LogP contribution in [0.5, 0.6) is 0 Å². The van der Waals surface area contributed by atoms with Crippen LogP contribution in [0.4, 0.5) is 0 Å². The summed E-state index contributed by atoms with van der Waals surface area (Å²) in [4.78, 5) is 0. The van der Waals surface area contributed by atoms with Crippen LogP contribution in [0.25, 0.3) is 6.08 Å². The van der Waals surface area contributed by atoms with Crippen LogP contribution in [-0.4, -0.2) is 36.8 Å². The predicted octanol–water partition coefficient (Wildman–Crippen LogP) is 5.60. The third kappa shape index (κ3) is 6.54. The maximum absolute atomic E-state index is 6.30. The van der Waals surface area contributed by atoms with Gasteiger partial charge in [0.05, 0.1) is 43.9 Å². The molecule has 5 heteroatoms. The van der Waals surface area contributed by atoms with Gasteiger partial charge in [-0.15, -0.1) is 0 Å². The van der Waals surface area contributed by atoms with Crippen molar-refractivity contribution in [1.29, 1.82) is 0 Å². The van der Waals surface area contributed by atoms with E-state index in [0.29, 0.717) is 13.2 Å². The van der Waals surface area contributed by atoms with Crippen LogP contribution in [-0.2, 0) is 25.6 Å². The molecule has 3 heterocycles. The summed E-state index contributed by atoms with van der Waals surface area (Å²) in [5.74, 6) is 0.297. The first-order chi connectivity index (χ1) is 14.6. The highest BCUT2D eigenvalue weighted by molar-refractivity contribution is 5.43. The molecule has 164 valence electrons. The van der Waals surface area contributed by atoms with Crippen molar-refractivity contribution >= 4 is 6.08 Å². The first kappa shape index (κ1) is 22.8. The Morgan fingerprint density at radius 2 is 1.90 bits per heavy atom. The van der Waals surface area contributed by atoms with E-state index in [4.69, 9.17) is 23.4 Å². The predicted molar refractivity (Wildman–Crippen MR) is 117 cm³/mol. The third-order valence-corrected chi connectivity index (χ3v) is 5.12. The Hall–Kier alpha value is -1.92. The van der Waals surface area contributed by atoms with E-state index in [-0.39, 0.29) is 24.4 Å². The lowest BCUT2D eigenvalue weighted by molar-refractivity contribution is -0.144. The van der Waals surface area contributed by atoms with Gasteiger partial charge in [-0.1, -0.05) is 50.3 Å². The van der Waals surface area contributed by atoms with E-state index in [9.17, 15) is 0 Å². The quantitative estimate of drug-likeness (QED) is 0.590. The summed E-state index contributed by atoms with van der Waals surface area (Å²) < 4.78 is 29.6. The van der Waals surface area contributed by atoms with Crippen molar-refractivity contribution in [2.45, 2.75) is 77.3 Å². The Balaban J connectivity index is 0.00000124. The summed E-state index contributed by atoms with van der Waals surface area (Å²) in [5.41, 5.74) is 1.16. The van der Waals surface area contributed by atoms with E-state index in [1.807, 2.05) is 70.2 Å².